The molecule has 1 amide bonds. The van der Waals surface area contributed by atoms with Crippen molar-refractivity contribution in [2.75, 3.05) is 26.7 Å². The van der Waals surface area contributed by atoms with Crippen molar-refractivity contribution in [2.45, 2.75) is 64.5 Å². The first kappa shape index (κ1) is 19.9. The summed E-state index contributed by atoms with van der Waals surface area (Å²) in [6.07, 6.45) is 3.63. The Labute approximate surface area is 152 Å². The SMILES string of the molecule is CCCCN(C)CC1(O)CCCN(Cc2ccc(C(C)C)cc2)C1=O. The van der Waals surface area contributed by atoms with Gasteiger partial charge in [0.05, 0.1) is 0 Å². The minimum Gasteiger partial charge on any atom is -0.379 e. The summed E-state index contributed by atoms with van der Waals surface area (Å²) in [4.78, 5) is 16.8. The van der Waals surface area contributed by atoms with E-state index < -0.39 is 5.60 Å². The molecule has 0 aliphatic carbocycles. The molecular formula is C21H34N2O2. The van der Waals surface area contributed by atoms with Gasteiger partial charge in [0.15, 0.2) is 5.60 Å². The monoisotopic (exact) mass is 346 g/mol. The third kappa shape index (κ3) is 5.29. The van der Waals surface area contributed by atoms with Gasteiger partial charge in [0.25, 0.3) is 5.91 Å². The number of carbonyl (C=O) groups excluding carboxylic acids is 1. The first-order valence-corrected chi connectivity index (χ1v) is 9.65. The van der Waals surface area contributed by atoms with E-state index in [1.807, 2.05) is 11.9 Å². The molecule has 140 valence electrons. The van der Waals surface area contributed by atoms with Gasteiger partial charge in [-0.1, -0.05) is 51.5 Å². The van der Waals surface area contributed by atoms with Crippen LogP contribution in [-0.2, 0) is 11.3 Å². The molecule has 0 spiro atoms. The quantitative estimate of drug-likeness (QED) is 0.785. The minimum absolute atomic E-state index is 0.116. The predicted molar refractivity (Wildman–Crippen MR) is 103 cm³/mol. The molecule has 0 aromatic heterocycles. The average Bonchev–Trinajstić information content (AvgIpc) is 2.58. The molecule has 0 bridgehead atoms. The number of hydrogen-bond donors (Lipinski definition) is 1. The summed E-state index contributed by atoms with van der Waals surface area (Å²) in [5, 5.41) is 10.9. The van der Waals surface area contributed by atoms with Crippen molar-refractivity contribution in [3.8, 4) is 0 Å². The molecule has 1 atom stereocenters. The van der Waals surface area contributed by atoms with Crippen LogP contribution in [0.25, 0.3) is 0 Å². The lowest BCUT2D eigenvalue weighted by atomic mass is 9.90. The number of carbonyl (C=O) groups is 1. The van der Waals surface area contributed by atoms with Gasteiger partial charge in [0.2, 0.25) is 0 Å². The number of unbranched alkanes of at least 4 members (excludes halogenated alkanes) is 1. The summed E-state index contributed by atoms with van der Waals surface area (Å²) >= 11 is 0. The Morgan fingerprint density at radius 1 is 1.28 bits per heavy atom. The molecule has 1 unspecified atom stereocenters. The highest BCUT2D eigenvalue weighted by molar-refractivity contribution is 5.86. The summed E-state index contributed by atoms with van der Waals surface area (Å²) in [7, 11) is 1.99. The van der Waals surface area contributed by atoms with Crippen LogP contribution in [0.3, 0.4) is 0 Å². The third-order valence-corrected chi connectivity index (χ3v) is 5.15. The molecule has 1 aromatic rings. The van der Waals surface area contributed by atoms with Gasteiger partial charge in [-0.3, -0.25) is 4.79 Å². The Morgan fingerprint density at radius 3 is 2.56 bits per heavy atom. The third-order valence-electron chi connectivity index (χ3n) is 5.15. The highest BCUT2D eigenvalue weighted by Crippen LogP contribution is 2.25. The highest BCUT2D eigenvalue weighted by atomic mass is 16.3. The van der Waals surface area contributed by atoms with Gasteiger partial charge in [-0.15, -0.1) is 0 Å². The first-order chi connectivity index (χ1) is 11.9. The number of rotatable bonds is 8. The van der Waals surface area contributed by atoms with E-state index in [4.69, 9.17) is 0 Å². The molecule has 1 saturated heterocycles. The van der Waals surface area contributed by atoms with Crippen LogP contribution in [0.15, 0.2) is 24.3 Å². The fourth-order valence-electron chi connectivity index (χ4n) is 3.54. The second-order valence-electron chi connectivity index (χ2n) is 7.85. The van der Waals surface area contributed by atoms with Crippen molar-refractivity contribution in [3.05, 3.63) is 35.4 Å². The predicted octanol–water partition coefficient (Wildman–Crippen LogP) is 3.40. The van der Waals surface area contributed by atoms with Gasteiger partial charge >= 0.3 is 0 Å². The molecule has 1 aliphatic rings. The second kappa shape index (κ2) is 8.81. The van der Waals surface area contributed by atoms with E-state index in [-0.39, 0.29) is 5.91 Å². The molecule has 1 aliphatic heterocycles. The van der Waals surface area contributed by atoms with Crippen LogP contribution < -0.4 is 0 Å². The van der Waals surface area contributed by atoms with Gasteiger partial charge in [-0.25, -0.2) is 0 Å². The Kier molecular flexibility index (Phi) is 7.03. The van der Waals surface area contributed by atoms with Gasteiger partial charge in [0.1, 0.15) is 0 Å². The summed E-state index contributed by atoms with van der Waals surface area (Å²) in [5.74, 6) is 0.393. The molecule has 1 heterocycles. The number of benzene rings is 1. The average molecular weight is 347 g/mol. The molecule has 1 N–H and O–H groups in total. The molecule has 4 heteroatoms. The lowest BCUT2D eigenvalue weighted by Crippen LogP contribution is -2.57. The van der Waals surface area contributed by atoms with Crippen LogP contribution in [0.1, 0.15) is 63.5 Å². The van der Waals surface area contributed by atoms with E-state index in [9.17, 15) is 9.90 Å². The molecule has 2 rings (SSSR count). The summed E-state index contributed by atoms with van der Waals surface area (Å²) in [6.45, 7) is 9.17. The number of aliphatic hydroxyl groups is 1. The van der Waals surface area contributed by atoms with E-state index in [1.54, 1.807) is 0 Å². The van der Waals surface area contributed by atoms with Gasteiger partial charge in [0, 0.05) is 19.6 Å². The summed E-state index contributed by atoms with van der Waals surface area (Å²) < 4.78 is 0. The van der Waals surface area contributed by atoms with Crippen LogP contribution in [-0.4, -0.2) is 53.1 Å². The fraction of sp³-hybridized carbons (Fsp3) is 0.667. The second-order valence-corrected chi connectivity index (χ2v) is 7.85. The maximum Gasteiger partial charge on any atom is 0.256 e. The Morgan fingerprint density at radius 2 is 1.96 bits per heavy atom. The zero-order chi connectivity index (χ0) is 18.4. The smallest absolute Gasteiger partial charge is 0.256 e. The Bertz CT molecular complexity index is 556. The maximum absolute atomic E-state index is 12.9. The Hall–Kier alpha value is -1.39. The van der Waals surface area contributed by atoms with Crippen molar-refractivity contribution >= 4 is 5.91 Å². The molecule has 1 fully saturated rings. The van der Waals surface area contributed by atoms with E-state index in [1.165, 1.54) is 5.56 Å². The number of amides is 1. The summed E-state index contributed by atoms with van der Waals surface area (Å²) in [5.41, 5.74) is 1.20. The highest BCUT2D eigenvalue weighted by Gasteiger charge is 2.42. The topological polar surface area (TPSA) is 43.8 Å². The van der Waals surface area contributed by atoms with E-state index in [0.717, 1.165) is 37.9 Å². The lowest BCUT2D eigenvalue weighted by molar-refractivity contribution is -0.159. The lowest BCUT2D eigenvalue weighted by Gasteiger charge is -2.40. The van der Waals surface area contributed by atoms with Crippen molar-refractivity contribution in [2.24, 2.45) is 0 Å². The number of piperidine rings is 1. The van der Waals surface area contributed by atoms with Gasteiger partial charge < -0.3 is 14.9 Å². The van der Waals surface area contributed by atoms with E-state index in [0.29, 0.717) is 25.4 Å². The van der Waals surface area contributed by atoms with Crippen molar-refractivity contribution in [1.29, 1.82) is 0 Å². The molecule has 25 heavy (non-hydrogen) atoms. The van der Waals surface area contributed by atoms with Gasteiger partial charge in [-0.05, 0) is 49.9 Å². The van der Waals surface area contributed by atoms with Crippen molar-refractivity contribution in [3.63, 3.8) is 0 Å². The largest absolute Gasteiger partial charge is 0.379 e. The fourth-order valence-corrected chi connectivity index (χ4v) is 3.54. The molecule has 0 radical (unpaired) electrons. The first-order valence-electron chi connectivity index (χ1n) is 9.65. The zero-order valence-corrected chi connectivity index (χ0v) is 16.3. The van der Waals surface area contributed by atoms with Crippen molar-refractivity contribution < 1.29 is 9.90 Å². The van der Waals surface area contributed by atoms with Crippen LogP contribution in [0.5, 0.6) is 0 Å². The number of likely N-dealkylation sites (tertiary alicyclic amines) is 1. The van der Waals surface area contributed by atoms with Crippen LogP contribution in [0.4, 0.5) is 0 Å². The minimum atomic E-state index is -1.24. The number of likely N-dealkylation sites (N-methyl/N-ethyl adjacent to an activating group) is 1. The normalized spacial score (nSPS) is 21.4. The van der Waals surface area contributed by atoms with E-state index in [2.05, 4.69) is 49.9 Å². The van der Waals surface area contributed by atoms with Crippen LogP contribution in [0.2, 0.25) is 0 Å². The molecular weight excluding hydrogens is 312 g/mol. The molecule has 4 nitrogen and oxygen atoms in total. The van der Waals surface area contributed by atoms with Crippen molar-refractivity contribution in [1.82, 2.24) is 9.80 Å². The molecule has 0 saturated carbocycles. The molecule has 1 aromatic carbocycles. The Balaban J connectivity index is 2.00. The number of hydrogen-bond acceptors (Lipinski definition) is 3. The maximum atomic E-state index is 12.9. The van der Waals surface area contributed by atoms with Crippen LogP contribution in [0, 0.1) is 0 Å². The zero-order valence-electron chi connectivity index (χ0n) is 16.3. The van der Waals surface area contributed by atoms with E-state index >= 15 is 0 Å². The summed E-state index contributed by atoms with van der Waals surface area (Å²) in [6, 6.07) is 8.48. The van der Waals surface area contributed by atoms with Gasteiger partial charge in [-0.2, -0.15) is 0 Å². The number of nitrogens with zero attached hydrogens (tertiary/aromatic N) is 2. The standard InChI is InChI=1S/C21H34N2O2/c1-5-6-13-22(4)16-21(25)12-7-14-23(20(21)24)15-18-8-10-19(11-9-18)17(2)3/h8-11,17,25H,5-7,12-16H2,1-4H3. The van der Waals surface area contributed by atoms with Crippen LogP contribution >= 0.6 is 0 Å².